The van der Waals surface area contributed by atoms with Gasteiger partial charge in [0.25, 0.3) is 0 Å². The highest BCUT2D eigenvalue weighted by atomic mass is 19.4. The van der Waals surface area contributed by atoms with Gasteiger partial charge in [0, 0.05) is 6.04 Å². The van der Waals surface area contributed by atoms with Gasteiger partial charge < -0.3 is 5.32 Å². The van der Waals surface area contributed by atoms with Crippen LogP contribution in [0.25, 0.3) is 0 Å². The highest BCUT2D eigenvalue weighted by molar-refractivity contribution is 5.78. The first-order valence-corrected chi connectivity index (χ1v) is 7.30. The zero-order valence-electron chi connectivity index (χ0n) is 12.0. The average molecular weight is 299 g/mol. The molecule has 0 spiro atoms. The van der Waals surface area contributed by atoms with E-state index < -0.39 is 11.7 Å². The SMILES string of the molecule is CC1CCCC(NC(=O)Cc2cccc(C(F)(F)F)c2)C1. The zero-order valence-corrected chi connectivity index (χ0v) is 12.0. The van der Waals surface area contributed by atoms with Crippen molar-refractivity contribution in [3.8, 4) is 0 Å². The van der Waals surface area contributed by atoms with E-state index in [1.807, 2.05) is 0 Å². The molecule has 0 bridgehead atoms. The van der Waals surface area contributed by atoms with Crippen molar-refractivity contribution in [2.45, 2.75) is 51.2 Å². The smallest absolute Gasteiger partial charge is 0.353 e. The van der Waals surface area contributed by atoms with Gasteiger partial charge in [0.2, 0.25) is 5.91 Å². The summed E-state index contributed by atoms with van der Waals surface area (Å²) in [4.78, 5) is 12.0. The molecule has 1 N–H and O–H groups in total. The third-order valence-electron chi connectivity index (χ3n) is 3.92. The average Bonchev–Trinajstić information content (AvgIpc) is 2.37. The minimum Gasteiger partial charge on any atom is -0.353 e. The van der Waals surface area contributed by atoms with E-state index in [2.05, 4.69) is 12.2 Å². The molecule has 2 atom stereocenters. The predicted molar refractivity (Wildman–Crippen MR) is 74.7 cm³/mol. The lowest BCUT2D eigenvalue weighted by Gasteiger charge is -2.27. The van der Waals surface area contributed by atoms with Crippen LogP contribution in [0.2, 0.25) is 0 Å². The van der Waals surface area contributed by atoms with Crippen molar-refractivity contribution in [3.05, 3.63) is 35.4 Å². The number of carbonyl (C=O) groups excluding carboxylic acids is 1. The van der Waals surface area contributed by atoms with E-state index >= 15 is 0 Å². The molecule has 1 saturated carbocycles. The standard InChI is InChI=1S/C16H20F3NO/c1-11-4-2-7-14(8-11)20-15(21)10-12-5-3-6-13(9-12)16(17,18)19/h3,5-6,9,11,14H,2,4,7-8,10H2,1H3,(H,20,21). The van der Waals surface area contributed by atoms with E-state index in [1.165, 1.54) is 12.5 Å². The maximum absolute atomic E-state index is 12.6. The summed E-state index contributed by atoms with van der Waals surface area (Å²) in [6.07, 6.45) is -0.192. The molecule has 1 fully saturated rings. The van der Waals surface area contributed by atoms with E-state index in [0.717, 1.165) is 31.4 Å². The Kier molecular flexibility index (Phi) is 4.91. The van der Waals surface area contributed by atoms with E-state index in [4.69, 9.17) is 0 Å². The lowest BCUT2D eigenvalue weighted by Crippen LogP contribution is -2.38. The summed E-state index contributed by atoms with van der Waals surface area (Å²) in [5, 5.41) is 2.94. The van der Waals surface area contributed by atoms with Crippen LogP contribution in [-0.4, -0.2) is 11.9 Å². The first-order valence-electron chi connectivity index (χ1n) is 7.30. The van der Waals surface area contributed by atoms with Crippen molar-refractivity contribution < 1.29 is 18.0 Å². The molecule has 1 aromatic carbocycles. The molecule has 0 aromatic heterocycles. The van der Waals surface area contributed by atoms with Crippen molar-refractivity contribution in [2.75, 3.05) is 0 Å². The van der Waals surface area contributed by atoms with Crippen LogP contribution in [0.4, 0.5) is 13.2 Å². The molecule has 1 aliphatic carbocycles. The quantitative estimate of drug-likeness (QED) is 0.900. The van der Waals surface area contributed by atoms with Gasteiger partial charge in [0.1, 0.15) is 0 Å². The summed E-state index contributed by atoms with van der Waals surface area (Å²) >= 11 is 0. The lowest BCUT2D eigenvalue weighted by atomic mass is 9.87. The molecule has 1 aliphatic rings. The highest BCUT2D eigenvalue weighted by Crippen LogP contribution is 2.29. The molecular weight excluding hydrogens is 279 g/mol. The summed E-state index contributed by atoms with van der Waals surface area (Å²) in [5.74, 6) is 0.394. The van der Waals surface area contributed by atoms with Crippen LogP contribution < -0.4 is 5.32 Å². The second-order valence-electron chi connectivity index (χ2n) is 5.91. The van der Waals surface area contributed by atoms with E-state index in [-0.39, 0.29) is 18.4 Å². The van der Waals surface area contributed by atoms with Crippen LogP contribution in [-0.2, 0) is 17.4 Å². The zero-order chi connectivity index (χ0) is 15.5. The van der Waals surface area contributed by atoms with Gasteiger partial charge in [-0.05, 0) is 30.4 Å². The van der Waals surface area contributed by atoms with Gasteiger partial charge in [0.05, 0.1) is 12.0 Å². The van der Waals surface area contributed by atoms with Crippen LogP contribution in [0.15, 0.2) is 24.3 Å². The van der Waals surface area contributed by atoms with Gasteiger partial charge in [-0.2, -0.15) is 13.2 Å². The van der Waals surface area contributed by atoms with Gasteiger partial charge >= 0.3 is 6.18 Å². The maximum atomic E-state index is 12.6. The number of alkyl halides is 3. The van der Waals surface area contributed by atoms with Gasteiger partial charge in [-0.1, -0.05) is 38.0 Å². The molecule has 1 aromatic rings. The Balaban J connectivity index is 1.93. The Morgan fingerprint density at radius 1 is 1.33 bits per heavy atom. The van der Waals surface area contributed by atoms with E-state index in [0.29, 0.717) is 11.5 Å². The van der Waals surface area contributed by atoms with Crippen molar-refractivity contribution in [2.24, 2.45) is 5.92 Å². The Bertz CT molecular complexity index is 499. The fourth-order valence-electron chi connectivity index (χ4n) is 2.89. The van der Waals surface area contributed by atoms with Gasteiger partial charge in [-0.3, -0.25) is 4.79 Å². The molecule has 0 radical (unpaired) electrons. The molecular formula is C16H20F3NO. The van der Waals surface area contributed by atoms with E-state index in [1.54, 1.807) is 6.07 Å². The van der Waals surface area contributed by atoms with Gasteiger partial charge in [-0.15, -0.1) is 0 Å². The molecule has 0 aliphatic heterocycles. The second kappa shape index (κ2) is 6.50. The lowest BCUT2D eigenvalue weighted by molar-refractivity contribution is -0.137. The Labute approximate surface area is 122 Å². The van der Waals surface area contributed by atoms with Crippen LogP contribution in [0.5, 0.6) is 0 Å². The van der Waals surface area contributed by atoms with Crippen LogP contribution >= 0.6 is 0 Å². The number of halogens is 3. The number of carbonyl (C=O) groups is 1. The monoisotopic (exact) mass is 299 g/mol. The van der Waals surface area contributed by atoms with Crippen LogP contribution in [0.3, 0.4) is 0 Å². The number of hydrogen-bond acceptors (Lipinski definition) is 1. The predicted octanol–water partition coefficient (Wildman–Crippen LogP) is 3.94. The van der Waals surface area contributed by atoms with Gasteiger partial charge in [0.15, 0.2) is 0 Å². The minimum atomic E-state index is -4.37. The molecule has 0 saturated heterocycles. The number of benzene rings is 1. The molecule has 1 amide bonds. The Morgan fingerprint density at radius 3 is 2.76 bits per heavy atom. The first kappa shape index (κ1) is 15.9. The molecule has 2 unspecified atom stereocenters. The summed E-state index contributed by atoms with van der Waals surface area (Å²) in [7, 11) is 0. The third-order valence-corrected chi connectivity index (χ3v) is 3.92. The summed E-state index contributed by atoms with van der Waals surface area (Å²) < 4.78 is 37.9. The Hall–Kier alpha value is -1.52. The minimum absolute atomic E-state index is 0.00516. The molecule has 116 valence electrons. The largest absolute Gasteiger partial charge is 0.416 e. The topological polar surface area (TPSA) is 29.1 Å². The molecule has 2 rings (SSSR count). The van der Waals surface area contributed by atoms with E-state index in [9.17, 15) is 18.0 Å². The Morgan fingerprint density at radius 2 is 2.10 bits per heavy atom. The van der Waals surface area contributed by atoms with Crippen molar-refractivity contribution >= 4 is 5.91 Å². The third kappa shape index (κ3) is 4.76. The van der Waals surface area contributed by atoms with Crippen molar-refractivity contribution in [1.29, 1.82) is 0 Å². The molecule has 2 nitrogen and oxygen atoms in total. The van der Waals surface area contributed by atoms with Crippen molar-refractivity contribution in [1.82, 2.24) is 5.32 Å². The second-order valence-corrected chi connectivity index (χ2v) is 5.91. The molecule has 0 heterocycles. The normalized spacial score (nSPS) is 22.9. The summed E-state index contributed by atoms with van der Waals surface area (Å²) in [5.41, 5.74) is -0.315. The first-order chi connectivity index (χ1) is 9.84. The maximum Gasteiger partial charge on any atom is 0.416 e. The fourth-order valence-corrected chi connectivity index (χ4v) is 2.89. The number of amides is 1. The highest BCUT2D eigenvalue weighted by Gasteiger charge is 2.30. The number of hydrogen-bond donors (Lipinski definition) is 1. The van der Waals surface area contributed by atoms with Crippen LogP contribution in [0.1, 0.15) is 43.7 Å². The fraction of sp³-hybridized carbons (Fsp3) is 0.562. The number of nitrogens with one attached hydrogen (secondary N) is 1. The van der Waals surface area contributed by atoms with Gasteiger partial charge in [-0.25, -0.2) is 0 Å². The van der Waals surface area contributed by atoms with Crippen LogP contribution in [0, 0.1) is 5.92 Å². The summed E-state index contributed by atoms with van der Waals surface area (Å²) in [6, 6.07) is 5.12. The molecule has 5 heteroatoms. The number of rotatable bonds is 3. The van der Waals surface area contributed by atoms with Crippen molar-refractivity contribution in [3.63, 3.8) is 0 Å². The summed E-state index contributed by atoms with van der Waals surface area (Å²) in [6.45, 7) is 2.16. The molecule has 21 heavy (non-hydrogen) atoms.